The Morgan fingerprint density at radius 1 is 1.50 bits per heavy atom. The number of hydrogen-bond acceptors (Lipinski definition) is 0. The molecule has 0 unspecified atom stereocenters. The molecule has 52 valence electrons. The van der Waals surface area contributed by atoms with Gasteiger partial charge in [-0.1, -0.05) is 12.7 Å². The molecule has 10 heavy (non-hydrogen) atoms. The normalized spacial score (nSPS) is 9.40. The maximum Gasteiger partial charge on any atom is 0.123 e. The van der Waals surface area contributed by atoms with Crippen molar-refractivity contribution in [1.29, 1.82) is 0 Å². The van der Waals surface area contributed by atoms with Crippen molar-refractivity contribution < 1.29 is 4.39 Å². The zero-order valence-electron chi connectivity index (χ0n) is 5.27. The molecule has 0 amide bonds. The number of rotatable bonds is 1. The fraction of sp³-hybridized carbons (Fsp3) is 0. The summed E-state index contributed by atoms with van der Waals surface area (Å²) < 4.78 is 13.5. The van der Waals surface area contributed by atoms with E-state index >= 15 is 0 Å². The largest absolute Gasteiger partial charge is 0.207 e. The van der Waals surface area contributed by atoms with Crippen LogP contribution < -0.4 is 0 Å². The van der Waals surface area contributed by atoms with Gasteiger partial charge in [0.15, 0.2) is 0 Å². The van der Waals surface area contributed by atoms with Gasteiger partial charge in [0, 0.05) is 3.57 Å². The summed E-state index contributed by atoms with van der Waals surface area (Å²) in [5.74, 6) is -0.213. The lowest BCUT2D eigenvalue weighted by atomic mass is 10.2. The van der Waals surface area contributed by atoms with Crippen LogP contribution in [0.2, 0.25) is 0 Å². The van der Waals surface area contributed by atoms with E-state index in [1.165, 1.54) is 12.1 Å². The predicted octanol–water partition coefficient (Wildman–Crippen LogP) is 3.07. The van der Waals surface area contributed by atoms with Gasteiger partial charge < -0.3 is 0 Å². The lowest BCUT2D eigenvalue weighted by Gasteiger charge is -1.95. The van der Waals surface area contributed by atoms with E-state index in [0.717, 1.165) is 9.13 Å². The van der Waals surface area contributed by atoms with E-state index in [2.05, 4.69) is 29.2 Å². The Bertz CT molecular complexity index is 255. The molecule has 1 rings (SSSR count). The Labute approximate surface area is 72.9 Å². The van der Waals surface area contributed by atoms with Crippen LogP contribution in [-0.2, 0) is 0 Å². The monoisotopic (exact) mass is 248 g/mol. The molecule has 0 atom stereocenters. The van der Waals surface area contributed by atoms with E-state index in [-0.39, 0.29) is 5.82 Å². The van der Waals surface area contributed by atoms with E-state index in [1.807, 2.05) is 0 Å². The first-order chi connectivity index (χ1) is 4.74. The van der Waals surface area contributed by atoms with E-state index in [4.69, 9.17) is 0 Å². The van der Waals surface area contributed by atoms with Crippen LogP contribution in [0.1, 0.15) is 5.56 Å². The molecular formula is C8H6FI. The van der Waals surface area contributed by atoms with Gasteiger partial charge in [0.1, 0.15) is 5.82 Å². The van der Waals surface area contributed by atoms with Crippen LogP contribution in [0.25, 0.3) is 6.08 Å². The molecule has 2 heteroatoms. The second kappa shape index (κ2) is 3.14. The minimum atomic E-state index is -0.213. The molecule has 0 aliphatic carbocycles. The first-order valence-electron chi connectivity index (χ1n) is 2.81. The molecule has 0 bridgehead atoms. The molecule has 0 radical (unpaired) electrons. The fourth-order valence-corrected chi connectivity index (χ4v) is 1.23. The van der Waals surface area contributed by atoms with Gasteiger partial charge in [-0.2, -0.15) is 0 Å². The molecule has 1 aromatic rings. The van der Waals surface area contributed by atoms with Crippen molar-refractivity contribution in [3.63, 3.8) is 0 Å². The molecule has 0 heterocycles. The second-order valence-electron chi connectivity index (χ2n) is 1.87. The van der Waals surface area contributed by atoms with Gasteiger partial charge in [0.25, 0.3) is 0 Å². The van der Waals surface area contributed by atoms with E-state index in [1.54, 1.807) is 12.1 Å². The van der Waals surface area contributed by atoms with Gasteiger partial charge in [0.05, 0.1) is 0 Å². The molecule has 0 aromatic heterocycles. The van der Waals surface area contributed by atoms with Gasteiger partial charge >= 0.3 is 0 Å². The summed E-state index contributed by atoms with van der Waals surface area (Å²) in [6.07, 6.45) is 1.64. The van der Waals surface area contributed by atoms with E-state index in [0.29, 0.717) is 0 Å². The highest BCUT2D eigenvalue weighted by atomic mass is 127. The van der Waals surface area contributed by atoms with Crippen LogP contribution in [0.15, 0.2) is 24.8 Å². The van der Waals surface area contributed by atoms with Crippen molar-refractivity contribution in [3.8, 4) is 0 Å². The third kappa shape index (κ3) is 1.56. The topological polar surface area (TPSA) is 0 Å². The molecule has 0 aliphatic rings. The summed E-state index contributed by atoms with van der Waals surface area (Å²) in [4.78, 5) is 0. The Morgan fingerprint density at radius 2 is 2.20 bits per heavy atom. The fourth-order valence-electron chi connectivity index (χ4n) is 0.671. The average molecular weight is 248 g/mol. The summed E-state index contributed by atoms with van der Waals surface area (Å²) in [5, 5.41) is 0. The van der Waals surface area contributed by atoms with Crippen LogP contribution >= 0.6 is 22.6 Å². The first-order valence-corrected chi connectivity index (χ1v) is 3.89. The van der Waals surface area contributed by atoms with Crippen molar-refractivity contribution in [2.45, 2.75) is 0 Å². The van der Waals surface area contributed by atoms with Crippen molar-refractivity contribution in [2.75, 3.05) is 0 Å². The highest BCUT2D eigenvalue weighted by molar-refractivity contribution is 14.1. The Morgan fingerprint density at radius 3 is 2.70 bits per heavy atom. The van der Waals surface area contributed by atoms with Crippen LogP contribution in [-0.4, -0.2) is 0 Å². The summed E-state index contributed by atoms with van der Waals surface area (Å²) in [7, 11) is 0. The van der Waals surface area contributed by atoms with Gasteiger partial charge in [-0.25, -0.2) is 4.39 Å². The number of benzene rings is 1. The highest BCUT2D eigenvalue weighted by Gasteiger charge is 1.95. The SMILES string of the molecule is C=Cc1cc(F)ccc1I. The van der Waals surface area contributed by atoms with Crippen LogP contribution in [0.3, 0.4) is 0 Å². The summed E-state index contributed by atoms with van der Waals surface area (Å²) >= 11 is 2.14. The molecule has 0 nitrogen and oxygen atoms in total. The quantitative estimate of drug-likeness (QED) is 0.670. The molecule has 0 N–H and O–H groups in total. The molecular weight excluding hydrogens is 242 g/mol. The van der Waals surface area contributed by atoms with Gasteiger partial charge in [0.2, 0.25) is 0 Å². The van der Waals surface area contributed by atoms with Crippen molar-refractivity contribution >= 4 is 28.7 Å². The van der Waals surface area contributed by atoms with Crippen LogP contribution in [0.5, 0.6) is 0 Å². The minimum Gasteiger partial charge on any atom is -0.207 e. The molecule has 0 saturated carbocycles. The summed E-state index contributed by atoms with van der Waals surface area (Å²) in [6.45, 7) is 3.56. The zero-order chi connectivity index (χ0) is 7.56. The molecule has 0 saturated heterocycles. The van der Waals surface area contributed by atoms with Crippen LogP contribution in [0, 0.1) is 9.39 Å². The maximum atomic E-state index is 12.5. The van der Waals surface area contributed by atoms with Crippen molar-refractivity contribution in [3.05, 3.63) is 39.7 Å². The zero-order valence-corrected chi connectivity index (χ0v) is 7.43. The molecule has 0 spiro atoms. The lowest BCUT2D eigenvalue weighted by Crippen LogP contribution is -1.80. The Hall–Kier alpha value is -0.380. The van der Waals surface area contributed by atoms with E-state index in [9.17, 15) is 4.39 Å². The standard InChI is InChI=1S/C8H6FI/c1-2-6-5-7(9)3-4-8(6)10/h2-5H,1H2. The molecule has 0 fully saturated rings. The lowest BCUT2D eigenvalue weighted by molar-refractivity contribution is 0.627. The van der Waals surface area contributed by atoms with Crippen LogP contribution in [0.4, 0.5) is 4.39 Å². The maximum absolute atomic E-state index is 12.5. The smallest absolute Gasteiger partial charge is 0.123 e. The van der Waals surface area contributed by atoms with Gasteiger partial charge in [-0.05, 0) is 46.4 Å². The highest BCUT2D eigenvalue weighted by Crippen LogP contribution is 2.14. The summed E-state index contributed by atoms with van der Waals surface area (Å²) in [5.41, 5.74) is 0.848. The third-order valence-corrected chi connectivity index (χ3v) is 2.16. The Balaban J connectivity index is 3.21. The third-order valence-electron chi connectivity index (χ3n) is 1.18. The van der Waals surface area contributed by atoms with E-state index < -0.39 is 0 Å². The van der Waals surface area contributed by atoms with Crippen molar-refractivity contribution in [1.82, 2.24) is 0 Å². The number of halogens is 2. The average Bonchev–Trinajstić information content (AvgIpc) is 1.94. The second-order valence-corrected chi connectivity index (χ2v) is 3.03. The first kappa shape index (κ1) is 7.72. The van der Waals surface area contributed by atoms with Crippen molar-refractivity contribution in [2.24, 2.45) is 0 Å². The molecule has 0 aliphatic heterocycles. The summed E-state index contributed by atoms with van der Waals surface area (Å²) in [6, 6.07) is 4.64. The Kier molecular flexibility index (Phi) is 2.43. The van der Waals surface area contributed by atoms with Gasteiger partial charge in [-0.15, -0.1) is 0 Å². The molecule has 1 aromatic carbocycles. The van der Waals surface area contributed by atoms with Gasteiger partial charge in [-0.3, -0.25) is 0 Å². The predicted molar refractivity (Wildman–Crippen MR) is 49.2 cm³/mol. The number of hydrogen-bond donors (Lipinski definition) is 0. The minimum absolute atomic E-state index is 0.213.